The maximum absolute atomic E-state index is 12.5. The zero-order valence-corrected chi connectivity index (χ0v) is 17.0. The molecular formula is C23H31NO3. The molecule has 2 rings (SSSR count). The third-order valence-corrected chi connectivity index (χ3v) is 4.46. The summed E-state index contributed by atoms with van der Waals surface area (Å²) in [5, 5.41) is 3.12. The van der Waals surface area contributed by atoms with Crippen LogP contribution in [0, 0.1) is 5.92 Å². The molecule has 1 N–H and O–H groups in total. The van der Waals surface area contributed by atoms with E-state index in [0.29, 0.717) is 11.8 Å². The van der Waals surface area contributed by atoms with Crippen molar-refractivity contribution >= 4 is 5.91 Å². The first-order chi connectivity index (χ1) is 12.9. The standard InChI is InChI=1S/C23H31NO3/c1-16(2)14-21(18-10-12-19(26-5)13-11-18)24-23(25)15-27-22-9-7-6-8-20(22)17(3)4/h6-13,16-17,21H,14-15H2,1-5H3,(H,24,25). The number of hydrogen-bond donors (Lipinski definition) is 1. The van der Waals surface area contributed by atoms with Crippen LogP contribution in [0.3, 0.4) is 0 Å². The van der Waals surface area contributed by atoms with Crippen LogP contribution in [0.15, 0.2) is 48.5 Å². The third-order valence-electron chi connectivity index (χ3n) is 4.46. The summed E-state index contributed by atoms with van der Waals surface area (Å²) in [6.07, 6.45) is 0.862. The van der Waals surface area contributed by atoms with Crippen molar-refractivity contribution in [1.29, 1.82) is 0 Å². The van der Waals surface area contributed by atoms with E-state index in [9.17, 15) is 4.79 Å². The fraction of sp³-hybridized carbons (Fsp3) is 0.435. The highest BCUT2D eigenvalue weighted by Crippen LogP contribution is 2.26. The molecule has 1 unspecified atom stereocenters. The van der Waals surface area contributed by atoms with Crippen molar-refractivity contribution in [2.75, 3.05) is 13.7 Å². The Morgan fingerprint density at radius 1 is 1.00 bits per heavy atom. The van der Waals surface area contributed by atoms with Gasteiger partial charge in [-0.3, -0.25) is 4.79 Å². The Morgan fingerprint density at radius 2 is 1.67 bits per heavy atom. The van der Waals surface area contributed by atoms with E-state index < -0.39 is 0 Å². The van der Waals surface area contributed by atoms with Crippen LogP contribution in [-0.2, 0) is 4.79 Å². The van der Waals surface area contributed by atoms with Gasteiger partial charge in [-0.15, -0.1) is 0 Å². The Labute approximate surface area is 162 Å². The van der Waals surface area contributed by atoms with Gasteiger partial charge in [0.15, 0.2) is 6.61 Å². The minimum absolute atomic E-state index is 0.00842. The molecule has 0 aliphatic carbocycles. The van der Waals surface area contributed by atoms with E-state index in [4.69, 9.17) is 9.47 Å². The van der Waals surface area contributed by atoms with Crippen LogP contribution in [0.25, 0.3) is 0 Å². The van der Waals surface area contributed by atoms with Crippen molar-refractivity contribution < 1.29 is 14.3 Å². The quantitative estimate of drug-likeness (QED) is 0.669. The molecule has 27 heavy (non-hydrogen) atoms. The van der Waals surface area contributed by atoms with E-state index in [2.05, 4.69) is 33.0 Å². The topological polar surface area (TPSA) is 47.6 Å². The van der Waals surface area contributed by atoms with E-state index in [1.54, 1.807) is 7.11 Å². The summed E-state index contributed by atoms with van der Waals surface area (Å²) in [6, 6.07) is 15.7. The van der Waals surface area contributed by atoms with Gasteiger partial charge >= 0.3 is 0 Å². The number of rotatable bonds is 9. The molecule has 146 valence electrons. The molecule has 0 aromatic heterocycles. The summed E-state index contributed by atoms with van der Waals surface area (Å²) in [5.74, 6) is 2.27. The Bertz CT molecular complexity index is 723. The number of amides is 1. The lowest BCUT2D eigenvalue weighted by Crippen LogP contribution is -2.33. The van der Waals surface area contributed by atoms with Crippen LogP contribution in [0.5, 0.6) is 11.5 Å². The van der Waals surface area contributed by atoms with Gasteiger partial charge in [-0.2, -0.15) is 0 Å². The Morgan fingerprint density at radius 3 is 2.26 bits per heavy atom. The smallest absolute Gasteiger partial charge is 0.258 e. The normalized spacial score (nSPS) is 12.1. The van der Waals surface area contributed by atoms with Crippen LogP contribution < -0.4 is 14.8 Å². The summed E-state index contributed by atoms with van der Waals surface area (Å²) >= 11 is 0. The summed E-state index contributed by atoms with van der Waals surface area (Å²) in [7, 11) is 1.65. The monoisotopic (exact) mass is 369 g/mol. The first kappa shape index (κ1) is 20.8. The lowest BCUT2D eigenvalue weighted by molar-refractivity contribution is -0.124. The first-order valence-corrected chi connectivity index (χ1v) is 9.55. The maximum atomic E-state index is 12.5. The van der Waals surface area contributed by atoms with Crippen molar-refractivity contribution in [3.8, 4) is 11.5 Å². The summed E-state index contributed by atoms with van der Waals surface area (Å²) in [4.78, 5) is 12.5. The average Bonchev–Trinajstić information content (AvgIpc) is 2.65. The molecule has 1 amide bonds. The first-order valence-electron chi connectivity index (χ1n) is 9.55. The molecule has 0 heterocycles. The Balaban J connectivity index is 2.03. The Hall–Kier alpha value is -2.49. The molecule has 0 fully saturated rings. The lowest BCUT2D eigenvalue weighted by atomic mass is 9.97. The maximum Gasteiger partial charge on any atom is 0.258 e. The van der Waals surface area contributed by atoms with Crippen molar-refractivity contribution in [1.82, 2.24) is 5.32 Å². The van der Waals surface area contributed by atoms with Gasteiger partial charge in [0.1, 0.15) is 11.5 Å². The highest BCUT2D eigenvalue weighted by atomic mass is 16.5. The second-order valence-corrected chi connectivity index (χ2v) is 7.50. The van der Waals surface area contributed by atoms with E-state index in [-0.39, 0.29) is 18.6 Å². The van der Waals surface area contributed by atoms with E-state index in [1.165, 1.54) is 0 Å². The fourth-order valence-electron chi connectivity index (χ4n) is 3.05. The van der Waals surface area contributed by atoms with Gasteiger partial charge < -0.3 is 14.8 Å². The minimum atomic E-state index is -0.116. The van der Waals surface area contributed by atoms with Crippen molar-refractivity contribution in [3.63, 3.8) is 0 Å². The summed E-state index contributed by atoms with van der Waals surface area (Å²) in [6.45, 7) is 8.54. The van der Waals surface area contributed by atoms with E-state index in [0.717, 1.165) is 29.0 Å². The summed E-state index contributed by atoms with van der Waals surface area (Å²) in [5.41, 5.74) is 2.18. The molecule has 0 spiro atoms. The number of nitrogens with one attached hydrogen (secondary N) is 1. The molecule has 4 nitrogen and oxygen atoms in total. The van der Waals surface area contributed by atoms with Gasteiger partial charge in [-0.25, -0.2) is 0 Å². The number of benzene rings is 2. The average molecular weight is 370 g/mol. The number of carbonyl (C=O) groups is 1. The summed E-state index contributed by atoms with van der Waals surface area (Å²) < 4.78 is 11.0. The number of methoxy groups -OCH3 is 1. The van der Waals surface area contributed by atoms with Crippen molar-refractivity contribution in [2.45, 2.75) is 46.1 Å². The molecule has 0 aliphatic heterocycles. The number of para-hydroxylation sites is 1. The highest BCUT2D eigenvalue weighted by molar-refractivity contribution is 5.78. The largest absolute Gasteiger partial charge is 0.497 e. The lowest BCUT2D eigenvalue weighted by Gasteiger charge is -2.22. The van der Waals surface area contributed by atoms with Gasteiger partial charge in [0.25, 0.3) is 5.91 Å². The minimum Gasteiger partial charge on any atom is -0.497 e. The second-order valence-electron chi connectivity index (χ2n) is 7.50. The fourth-order valence-corrected chi connectivity index (χ4v) is 3.05. The molecule has 2 aromatic rings. The molecule has 0 saturated carbocycles. The third kappa shape index (κ3) is 6.31. The molecular weight excluding hydrogens is 338 g/mol. The van der Waals surface area contributed by atoms with Crippen molar-refractivity contribution in [2.24, 2.45) is 5.92 Å². The molecule has 1 atom stereocenters. The van der Waals surface area contributed by atoms with Crippen LogP contribution in [-0.4, -0.2) is 19.6 Å². The zero-order valence-electron chi connectivity index (χ0n) is 17.0. The predicted molar refractivity (Wildman–Crippen MR) is 109 cm³/mol. The molecule has 0 bridgehead atoms. The second kappa shape index (κ2) is 10.0. The Kier molecular flexibility index (Phi) is 7.71. The van der Waals surface area contributed by atoms with Gasteiger partial charge in [0, 0.05) is 0 Å². The van der Waals surface area contributed by atoms with Crippen LogP contribution in [0.4, 0.5) is 0 Å². The molecule has 4 heteroatoms. The number of carbonyl (C=O) groups excluding carboxylic acids is 1. The highest BCUT2D eigenvalue weighted by Gasteiger charge is 2.17. The van der Waals surface area contributed by atoms with Gasteiger partial charge in [-0.05, 0) is 47.6 Å². The van der Waals surface area contributed by atoms with E-state index >= 15 is 0 Å². The SMILES string of the molecule is COc1ccc(C(CC(C)C)NC(=O)COc2ccccc2C(C)C)cc1. The number of ether oxygens (including phenoxy) is 2. The van der Waals surface area contributed by atoms with E-state index in [1.807, 2.05) is 48.5 Å². The van der Waals surface area contributed by atoms with Crippen molar-refractivity contribution in [3.05, 3.63) is 59.7 Å². The molecule has 0 saturated heterocycles. The van der Waals surface area contributed by atoms with Crippen LogP contribution in [0.1, 0.15) is 57.2 Å². The molecule has 0 radical (unpaired) electrons. The molecule has 0 aliphatic rings. The van der Waals surface area contributed by atoms with Crippen LogP contribution >= 0.6 is 0 Å². The van der Waals surface area contributed by atoms with Crippen LogP contribution in [0.2, 0.25) is 0 Å². The zero-order chi connectivity index (χ0) is 19.8. The van der Waals surface area contributed by atoms with Gasteiger partial charge in [0.05, 0.1) is 13.2 Å². The van der Waals surface area contributed by atoms with Gasteiger partial charge in [0.2, 0.25) is 0 Å². The van der Waals surface area contributed by atoms with Gasteiger partial charge in [-0.1, -0.05) is 58.0 Å². The molecule has 2 aromatic carbocycles. The number of hydrogen-bond acceptors (Lipinski definition) is 3. The predicted octanol–water partition coefficient (Wildman–Crippen LogP) is 5.10.